The highest BCUT2D eigenvalue weighted by atomic mass is 35.5. The van der Waals surface area contributed by atoms with Gasteiger partial charge in [0.25, 0.3) is 0 Å². The number of aromatic nitrogens is 2. The topological polar surface area (TPSA) is 85.6 Å². The third-order valence-electron chi connectivity index (χ3n) is 7.97. The normalized spacial score (nSPS) is 16.4. The zero-order chi connectivity index (χ0) is 26.6. The molecule has 1 saturated carbocycles. The Hall–Kier alpha value is -3.55. The van der Waals surface area contributed by atoms with Crippen molar-refractivity contribution in [3.63, 3.8) is 0 Å². The maximum Gasteiger partial charge on any atom is 0.335 e. The number of aromatic carboxylic acids is 1. The summed E-state index contributed by atoms with van der Waals surface area (Å²) in [5.74, 6) is 2.83. The number of carbonyl (C=O) groups is 1. The van der Waals surface area contributed by atoms with Crippen molar-refractivity contribution in [3.05, 3.63) is 72.3 Å². The fourth-order valence-electron chi connectivity index (χ4n) is 5.84. The maximum atomic E-state index is 11.6. The summed E-state index contributed by atoms with van der Waals surface area (Å²) in [5, 5.41) is 12.9. The molecule has 1 aliphatic heterocycles. The van der Waals surface area contributed by atoms with Gasteiger partial charge < -0.3 is 24.5 Å². The van der Waals surface area contributed by atoms with Crippen molar-refractivity contribution in [3.8, 4) is 28.6 Å². The van der Waals surface area contributed by atoms with E-state index >= 15 is 0 Å². The molecular formula is C32H36ClN3O4. The van der Waals surface area contributed by atoms with Gasteiger partial charge in [-0.15, -0.1) is 12.4 Å². The molecule has 7 nitrogen and oxygen atoms in total. The molecule has 2 aliphatic rings. The molecular weight excluding hydrogens is 526 g/mol. The molecule has 2 fully saturated rings. The zero-order valence-corrected chi connectivity index (χ0v) is 23.4. The Morgan fingerprint density at radius 3 is 2.40 bits per heavy atom. The van der Waals surface area contributed by atoms with Gasteiger partial charge in [-0.25, -0.2) is 9.78 Å². The van der Waals surface area contributed by atoms with Crippen molar-refractivity contribution in [2.24, 2.45) is 5.92 Å². The van der Waals surface area contributed by atoms with Crippen molar-refractivity contribution in [2.75, 3.05) is 19.7 Å². The van der Waals surface area contributed by atoms with Gasteiger partial charge in [-0.2, -0.15) is 0 Å². The highest BCUT2D eigenvalue weighted by Gasteiger charge is 2.23. The van der Waals surface area contributed by atoms with Gasteiger partial charge >= 0.3 is 5.97 Å². The van der Waals surface area contributed by atoms with E-state index in [-0.39, 0.29) is 18.0 Å². The first-order chi connectivity index (χ1) is 19.1. The maximum absolute atomic E-state index is 11.6. The van der Waals surface area contributed by atoms with Gasteiger partial charge in [0.05, 0.1) is 23.2 Å². The van der Waals surface area contributed by atoms with Crippen LogP contribution in [-0.4, -0.2) is 40.3 Å². The molecule has 1 aromatic heterocycles. The second-order valence-electron chi connectivity index (χ2n) is 10.7. The van der Waals surface area contributed by atoms with Crippen LogP contribution in [0.2, 0.25) is 0 Å². The minimum atomic E-state index is -0.937. The van der Waals surface area contributed by atoms with Crippen LogP contribution in [0.3, 0.4) is 0 Å². The first-order valence-corrected chi connectivity index (χ1v) is 14.1. The number of imidazole rings is 1. The van der Waals surface area contributed by atoms with E-state index in [1.807, 2.05) is 54.6 Å². The second kappa shape index (κ2) is 12.7. The fraction of sp³-hybridized carbons (Fsp3) is 0.375. The number of fused-ring (bicyclic) bond motifs is 1. The molecule has 6 rings (SSSR count). The summed E-state index contributed by atoms with van der Waals surface area (Å²) in [5.41, 5.74) is 2.95. The Morgan fingerprint density at radius 2 is 1.65 bits per heavy atom. The largest absolute Gasteiger partial charge is 0.493 e. The minimum absolute atomic E-state index is 0. The fourth-order valence-corrected chi connectivity index (χ4v) is 5.84. The number of nitrogens with one attached hydrogen (secondary N) is 1. The molecule has 0 bridgehead atoms. The molecule has 2 N–H and O–H groups in total. The summed E-state index contributed by atoms with van der Waals surface area (Å²) >= 11 is 0. The van der Waals surface area contributed by atoms with Gasteiger partial charge in [0.2, 0.25) is 0 Å². The number of rotatable bonds is 8. The summed E-state index contributed by atoms with van der Waals surface area (Å²) in [6, 6.07) is 21.4. The van der Waals surface area contributed by atoms with Crippen LogP contribution >= 0.6 is 12.4 Å². The molecule has 8 heteroatoms. The molecule has 0 amide bonds. The van der Waals surface area contributed by atoms with Gasteiger partial charge in [0.15, 0.2) is 0 Å². The van der Waals surface area contributed by atoms with Crippen molar-refractivity contribution in [1.29, 1.82) is 0 Å². The van der Waals surface area contributed by atoms with E-state index in [4.69, 9.17) is 14.5 Å². The Morgan fingerprint density at radius 1 is 0.900 bits per heavy atom. The van der Waals surface area contributed by atoms with Crippen molar-refractivity contribution >= 4 is 29.4 Å². The van der Waals surface area contributed by atoms with Gasteiger partial charge in [-0.1, -0.05) is 25.3 Å². The summed E-state index contributed by atoms with van der Waals surface area (Å²) in [6.07, 6.45) is 8.18. The number of piperidine rings is 1. The molecule has 1 saturated heterocycles. The third-order valence-corrected chi connectivity index (χ3v) is 7.97. The summed E-state index contributed by atoms with van der Waals surface area (Å²) in [7, 11) is 0. The molecule has 0 atom stereocenters. The molecule has 40 heavy (non-hydrogen) atoms. The van der Waals surface area contributed by atoms with Crippen LogP contribution in [0.1, 0.15) is 61.3 Å². The molecule has 0 radical (unpaired) electrons. The van der Waals surface area contributed by atoms with Crippen molar-refractivity contribution in [2.45, 2.75) is 51.0 Å². The van der Waals surface area contributed by atoms with Crippen LogP contribution < -0.4 is 14.8 Å². The highest BCUT2D eigenvalue weighted by Crippen LogP contribution is 2.37. The highest BCUT2D eigenvalue weighted by molar-refractivity contribution is 5.93. The smallest absolute Gasteiger partial charge is 0.335 e. The molecule has 0 unspecified atom stereocenters. The van der Waals surface area contributed by atoms with Crippen LogP contribution in [0, 0.1) is 5.92 Å². The van der Waals surface area contributed by atoms with Crippen LogP contribution in [0.4, 0.5) is 0 Å². The minimum Gasteiger partial charge on any atom is -0.493 e. The molecule has 3 aromatic carbocycles. The molecule has 2 heterocycles. The first-order valence-electron chi connectivity index (χ1n) is 14.1. The van der Waals surface area contributed by atoms with Crippen LogP contribution in [-0.2, 0) is 0 Å². The summed E-state index contributed by atoms with van der Waals surface area (Å²) in [6.45, 7) is 2.86. The number of carboxylic acid groups (broad SMARTS) is 1. The van der Waals surface area contributed by atoms with E-state index in [2.05, 4.69) is 9.88 Å². The van der Waals surface area contributed by atoms with Crippen LogP contribution in [0.15, 0.2) is 66.7 Å². The molecule has 4 aromatic rings. The Kier molecular flexibility index (Phi) is 8.92. The summed E-state index contributed by atoms with van der Waals surface area (Å²) < 4.78 is 14.6. The SMILES string of the molecule is Cl.O=C(O)c1ccc2c(c1)nc(-c1ccc(Oc3cccc(OCC4CCNCC4)c3)cc1)n2C1CCCCC1. The van der Waals surface area contributed by atoms with E-state index in [1.165, 1.54) is 19.3 Å². The quantitative estimate of drug-likeness (QED) is 0.232. The number of carboxylic acids is 1. The predicted octanol–water partition coefficient (Wildman–Crippen LogP) is 7.50. The van der Waals surface area contributed by atoms with Crippen LogP contribution in [0.5, 0.6) is 17.2 Å². The number of benzene rings is 3. The lowest BCUT2D eigenvalue weighted by molar-refractivity contribution is 0.0697. The third kappa shape index (κ3) is 6.26. The van der Waals surface area contributed by atoms with Crippen molar-refractivity contribution in [1.82, 2.24) is 14.9 Å². The van der Waals surface area contributed by atoms with Gasteiger partial charge in [0, 0.05) is 17.7 Å². The lowest BCUT2D eigenvalue weighted by Crippen LogP contribution is -2.30. The second-order valence-corrected chi connectivity index (χ2v) is 10.7. The van der Waals surface area contributed by atoms with Crippen molar-refractivity contribution < 1.29 is 19.4 Å². The number of nitrogens with zero attached hydrogens (tertiary/aromatic N) is 2. The Bertz CT molecular complexity index is 1440. The lowest BCUT2D eigenvalue weighted by atomic mass is 9.95. The average Bonchev–Trinajstić information content (AvgIpc) is 3.36. The molecule has 0 spiro atoms. The summed E-state index contributed by atoms with van der Waals surface area (Å²) in [4.78, 5) is 16.5. The van der Waals surface area contributed by atoms with E-state index in [9.17, 15) is 9.90 Å². The van der Waals surface area contributed by atoms with Gasteiger partial charge in [0.1, 0.15) is 23.1 Å². The van der Waals surface area contributed by atoms with E-state index in [0.717, 1.165) is 85.0 Å². The zero-order valence-electron chi connectivity index (χ0n) is 22.6. The van der Waals surface area contributed by atoms with Gasteiger partial charge in [-0.3, -0.25) is 0 Å². The monoisotopic (exact) mass is 561 g/mol. The number of ether oxygens (including phenoxy) is 2. The molecule has 1 aliphatic carbocycles. The molecule has 210 valence electrons. The number of hydrogen-bond acceptors (Lipinski definition) is 5. The number of hydrogen-bond donors (Lipinski definition) is 2. The van der Waals surface area contributed by atoms with E-state index in [0.29, 0.717) is 12.0 Å². The van der Waals surface area contributed by atoms with E-state index < -0.39 is 5.97 Å². The van der Waals surface area contributed by atoms with Crippen LogP contribution in [0.25, 0.3) is 22.4 Å². The Labute approximate surface area is 240 Å². The lowest BCUT2D eigenvalue weighted by Gasteiger charge is -2.25. The average molecular weight is 562 g/mol. The van der Waals surface area contributed by atoms with E-state index in [1.54, 1.807) is 12.1 Å². The Balaban J connectivity index is 0.00000323. The van der Waals surface area contributed by atoms with Gasteiger partial charge in [-0.05, 0) is 99.3 Å². The predicted molar refractivity (Wildman–Crippen MR) is 159 cm³/mol. The number of halogens is 1. The first kappa shape index (κ1) is 28.0. The standard InChI is InChI=1S/C32H35N3O4.ClH/c36-32(37)24-11-14-30-29(19-24)34-31(35(30)25-5-2-1-3-6-25)23-9-12-26(13-10-23)39-28-8-4-7-27(20-28)38-21-22-15-17-33-18-16-22;/h4,7-14,19-20,22,25,33H,1-3,5-6,15-18,21H2,(H,36,37);1H.